The van der Waals surface area contributed by atoms with E-state index in [0.29, 0.717) is 6.17 Å². The molecule has 3 aliphatic heterocycles. The van der Waals surface area contributed by atoms with Crippen LogP contribution in [0.25, 0.3) is 0 Å². The van der Waals surface area contributed by atoms with E-state index < -0.39 is 0 Å². The summed E-state index contributed by atoms with van der Waals surface area (Å²) in [5.74, 6) is 1.28. The molecule has 0 saturated carbocycles. The molecule has 2 atom stereocenters. The van der Waals surface area contributed by atoms with E-state index in [0.717, 1.165) is 6.54 Å². The number of nitrogens with zero attached hydrogens (tertiary/aromatic N) is 3. The maximum absolute atomic E-state index is 2.58. The molecule has 3 heteroatoms. The summed E-state index contributed by atoms with van der Waals surface area (Å²) in [5, 5.41) is 0. The molecule has 0 amide bonds. The lowest BCUT2D eigenvalue weighted by Crippen LogP contribution is -2.67. The van der Waals surface area contributed by atoms with Crippen LogP contribution in [0.5, 0.6) is 0 Å². The van der Waals surface area contributed by atoms with Gasteiger partial charge in [-0.15, -0.1) is 0 Å². The highest BCUT2D eigenvalue weighted by Gasteiger charge is 2.54. The van der Waals surface area contributed by atoms with Crippen LogP contribution in [0, 0.1) is 0 Å². The summed E-state index contributed by atoms with van der Waals surface area (Å²) >= 11 is 0. The van der Waals surface area contributed by atoms with Crippen molar-refractivity contribution >= 4 is 11.5 Å². The van der Waals surface area contributed by atoms with Gasteiger partial charge in [-0.05, 0) is 26.0 Å². The minimum atomic E-state index is 0.0733. The number of para-hydroxylation sites is 1. The van der Waals surface area contributed by atoms with Crippen molar-refractivity contribution in [2.45, 2.75) is 32.0 Å². The lowest BCUT2D eigenvalue weighted by Gasteiger charge is -2.55. The molecule has 1 saturated heterocycles. The summed E-state index contributed by atoms with van der Waals surface area (Å²) in [6.07, 6.45) is 3.69. The second kappa shape index (κ2) is 4.23. The van der Waals surface area contributed by atoms with E-state index in [4.69, 9.17) is 0 Å². The first-order valence-corrected chi connectivity index (χ1v) is 7.73. The van der Waals surface area contributed by atoms with Crippen LogP contribution in [0.2, 0.25) is 0 Å². The number of aryl methyl sites for hydroxylation is 1. The van der Waals surface area contributed by atoms with Crippen LogP contribution in [0.4, 0.5) is 11.5 Å². The van der Waals surface area contributed by atoms with Crippen molar-refractivity contribution in [3.05, 3.63) is 54.2 Å². The number of benzene rings is 1. The van der Waals surface area contributed by atoms with Gasteiger partial charge in [0.1, 0.15) is 5.54 Å². The van der Waals surface area contributed by atoms with Crippen molar-refractivity contribution in [1.29, 1.82) is 0 Å². The van der Waals surface area contributed by atoms with Gasteiger partial charge in [0, 0.05) is 30.3 Å². The van der Waals surface area contributed by atoms with E-state index in [1.54, 1.807) is 0 Å². The minimum absolute atomic E-state index is 0.0733. The normalized spacial score (nSPS) is 26.9. The molecule has 1 aromatic heterocycles. The predicted molar refractivity (Wildman–Crippen MR) is 85.3 cm³/mol. The van der Waals surface area contributed by atoms with E-state index in [2.05, 4.69) is 83.9 Å². The van der Waals surface area contributed by atoms with Crippen LogP contribution in [0.1, 0.15) is 25.8 Å². The van der Waals surface area contributed by atoms with Gasteiger partial charge < -0.3 is 4.90 Å². The number of hydrogen-bond donors (Lipinski definition) is 0. The van der Waals surface area contributed by atoms with Crippen molar-refractivity contribution < 1.29 is 4.57 Å². The highest BCUT2D eigenvalue weighted by Crippen LogP contribution is 2.50. The molecular formula is C18H22N3+. The van der Waals surface area contributed by atoms with Gasteiger partial charge >= 0.3 is 0 Å². The second-order valence-corrected chi connectivity index (χ2v) is 6.41. The van der Waals surface area contributed by atoms with Gasteiger partial charge in [-0.2, -0.15) is 0 Å². The molecule has 2 unspecified atom stereocenters. The molecule has 1 fully saturated rings. The first-order valence-electron chi connectivity index (χ1n) is 7.73. The van der Waals surface area contributed by atoms with Crippen LogP contribution in [0.15, 0.2) is 48.7 Å². The Bertz CT molecular complexity index is 696. The molecule has 2 bridgehead atoms. The Hall–Kier alpha value is -2.03. The average Bonchev–Trinajstić information content (AvgIpc) is 2.49. The standard InChI is InChI=1S/C18H22N3/c1-14-20-13-11-18(2,15-8-4-5-9-16(15)20)21(14)17-10-6-7-12-19(17)3/h4-10,12,14H,11,13H2,1-3H3/q+1. The summed E-state index contributed by atoms with van der Waals surface area (Å²) < 4.78 is 2.23. The van der Waals surface area contributed by atoms with Crippen molar-refractivity contribution in [1.82, 2.24) is 0 Å². The number of aromatic nitrogens is 1. The maximum Gasteiger partial charge on any atom is 0.278 e. The summed E-state index contributed by atoms with van der Waals surface area (Å²) in [5.41, 5.74) is 2.94. The van der Waals surface area contributed by atoms with Crippen molar-refractivity contribution in [3.8, 4) is 0 Å². The maximum atomic E-state index is 2.58. The summed E-state index contributed by atoms with van der Waals surface area (Å²) in [6, 6.07) is 15.3. The Morgan fingerprint density at radius 3 is 2.71 bits per heavy atom. The van der Waals surface area contributed by atoms with Crippen molar-refractivity contribution in [2.24, 2.45) is 7.05 Å². The quantitative estimate of drug-likeness (QED) is 0.744. The van der Waals surface area contributed by atoms with Gasteiger partial charge in [0.2, 0.25) is 0 Å². The minimum Gasteiger partial charge on any atom is -0.333 e. The third-order valence-electron chi connectivity index (χ3n) is 5.26. The number of rotatable bonds is 1. The summed E-state index contributed by atoms with van der Waals surface area (Å²) in [6.45, 7) is 5.86. The van der Waals surface area contributed by atoms with E-state index in [9.17, 15) is 0 Å². The second-order valence-electron chi connectivity index (χ2n) is 6.41. The zero-order chi connectivity index (χ0) is 14.6. The number of fused-ring (bicyclic) bond motifs is 2. The summed E-state index contributed by atoms with van der Waals surface area (Å²) in [4.78, 5) is 5.12. The third-order valence-corrected chi connectivity index (χ3v) is 5.26. The Morgan fingerprint density at radius 2 is 1.90 bits per heavy atom. The fraction of sp³-hybridized carbons (Fsp3) is 0.389. The van der Waals surface area contributed by atoms with E-state index in [1.165, 1.54) is 23.5 Å². The first-order chi connectivity index (χ1) is 10.1. The molecule has 0 radical (unpaired) electrons. The topological polar surface area (TPSA) is 10.4 Å². The van der Waals surface area contributed by atoms with E-state index >= 15 is 0 Å². The van der Waals surface area contributed by atoms with Gasteiger partial charge in [-0.3, -0.25) is 0 Å². The van der Waals surface area contributed by atoms with Gasteiger partial charge in [0.05, 0.1) is 13.2 Å². The molecule has 5 rings (SSSR count). The van der Waals surface area contributed by atoms with Gasteiger partial charge in [-0.1, -0.05) is 24.3 Å². The highest BCUT2D eigenvalue weighted by atomic mass is 15.5. The highest BCUT2D eigenvalue weighted by molar-refractivity contribution is 5.67. The van der Waals surface area contributed by atoms with Gasteiger partial charge in [0.25, 0.3) is 5.82 Å². The number of hydrogen-bond acceptors (Lipinski definition) is 2. The Morgan fingerprint density at radius 1 is 1.14 bits per heavy atom. The zero-order valence-electron chi connectivity index (χ0n) is 13.0. The largest absolute Gasteiger partial charge is 0.333 e. The Labute approximate surface area is 126 Å². The molecular weight excluding hydrogens is 258 g/mol. The summed E-state index contributed by atoms with van der Waals surface area (Å²) in [7, 11) is 2.13. The van der Waals surface area contributed by atoms with Crippen LogP contribution < -0.4 is 14.4 Å². The Balaban J connectivity index is 1.94. The number of pyridine rings is 1. The third kappa shape index (κ3) is 1.57. The van der Waals surface area contributed by atoms with E-state index in [-0.39, 0.29) is 5.54 Å². The van der Waals surface area contributed by atoms with Crippen LogP contribution in [-0.4, -0.2) is 12.7 Å². The van der Waals surface area contributed by atoms with E-state index in [1.807, 2.05) is 0 Å². The van der Waals surface area contributed by atoms with Crippen molar-refractivity contribution in [3.63, 3.8) is 0 Å². The lowest BCUT2D eigenvalue weighted by molar-refractivity contribution is -0.659. The molecule has 0 N–H and O–H groups in total. The lowest BCUT2D eigenvalue weighted by atomic mass is 9.78. The molecule has 4 heterocycles. The van der Waals surface area contributed by atoms with Gasteiger partial charge in [0.15, 0.2) is 6.17 Å². The molecule has 1 aromatic carbocycles. The Kier molecular flexibility index (Phi) is 2.56. The van der Waals surface area contributed by atoms with Crippen LogP contribution >= 0.6 is 0 Å². The molecule has 0 spiro atoms. The van der Waals surface area contributed by atoms with Crippen LogP contribution in [0.3, 0.4) is 0 Å². The first kappa shape index (κ1) is 12.7. The average molecular weight is 280 g/mol. The smallest absolute Gasteiger partial charge is 0.278 e. The molecule has 108 valence electrons. The fourth-order valence-corrected chi connectivity index (χ4v) is 4.17. The van der Waals surface area contributed by atoms with Crippen LogP contribution in [-0.2, 0) is 12.6 Å². The molecule has 3 aliphatic rings. The molecule has 3 nitrogen and oxygen atoms in total. The SMILES string of the molecule is CC1N2CCC(C)(c3ccccc32)N1c1cccc[n+]1C. The predicted octanol–water partition coefficient (Wildman–Crippen LogP) is 2.80. The molecule has 21 heavy (non-hydrogen) atoms. The molecule has 0 aliphatic carbocycles. The number of anilines is 2. The van der Waals surface area contributed by atoms with Crippen molar-refractivity contribution in [2.75, 3.05) is 16.3 Å². The molecule has 2 aromatic rings. The van der Waals surface area contributed by atoms with Gasteiger partial charge in [-0.25, -0.2) is 9.47 Å². The fourth-order valence-electron chi connectivity index (χ4n) is 4.17. The monoisotopic (exact) mass is 280 g/mol. The zero-order valence-corrected chi connectivity index (χ0v) is 13.0.